The molecule has 0 unspecified atom stereocenters. The molecule has 0 radical (unpaired) electrons. The molecule has 0 aliphatic carbocycles. The van der Waals surface area contributed by atoms with E-state index in [0.29, 0.717) is 36.7 Å². The van der Waals surface area contributed by atoms with E-state index in [1.807, 2.05) is 54.6 Å². The number of nitrogens with zero attached hydrogens (tertiary/aromatic N) is 4. The largest absolute Gasteiger partial charge is 0.467 e. The van der Waals surface area contributed by atoms with Crippen LogP contribution >= 0.6 is 0 Å². The molecule has 0 aliphatic heterocycles. The van der Waals surface area contributed by atoms with Gasteiger partial charge in [-0.1, -0.05) is 61.5 Å². The highest BCUT2D eigenvalue weighted by atomic mass is 16.3. The topological polar surface area (TPSA) is 93.3 Å². The standard InChI is InChI=1S/C27H31N5O3/c1-20(2)14-16-28-27(34)26(24-13-8-18-35-24)31(17-15-21-9-4-3-5-10-21)25(33)19-32-23-12-7-6-11-22(23)29-30-32/h3-13,18,20,26H,14-17,19H2,1-2H3,(H,28,34)/t26-/m1/s1. The third-order valence-electron chi connectivity index (χ3n) is 5.90. The van der Waals surface area contributed by atoms with E-state index >= 15 is 0 Å². The first kappa shape index (κ1) is 24.2. The summed E-state index contributed by atoms with van der Waals surface area (Å²) in [5.41, 5.74) is 2.56. The Morgan fingerprint density at radius 2 is 1.80 bits per heavy atom. The summed E-state index contributed by atoms with van der Waals surface area (Å²) in [6, 6.07) is 20.0. The van der Waals surface area contributed by atoms with Gasteiger partial charge in [-0.15, -0.1) is 5.10 Å². The monoisotopic (exact) mass is 473 g/mol. The molecule has 0 saturated heterocycles. The Bertz CT molecular complexity index is 1230. The number of benzene rings is 2. The Morgan fingerprint density at radius 1 is 1.03 bits per heavy atom. The molecule has 2 heterocycles. The molecule has 4 rings (SSSR count). The van der Waals surface area contributed by atoms with E-state index in [1.54, 1.807) is 21.7 Å². The van der Waals surface area contributed by atoms with E-state index in [-0.39, 0.29) is 18.4 Å². The lowest BCUT2D eigenvalue weighted by Gasteiger charge is -2.30. The van der Waals surface area contributed by atoms with Gasteiger partial charge in [-0.3, -0.25) is 9.59 Å². The lowest BCUT2D eigenvalue weighted by Crippen LogP contribution is -2.46. The average molecular weight is 474 g/mol. The molecule has 35 heavy (non-hydrogen) atoms. The van der Waals surface area contributed by atoms with Gasteiger partial charge in [0, 0.05) is 13.1 Å². The first-order chi connectivity index (χ1) is 17.0. The number of para-hydroxylation sites is 1. The summed E-state index contributed by atoms with van der Waals surface area (Å²) in [6.07, 6.45) is 2.97. The molecule has 8 heteroatoms. The summed E-state index contributed by atoms with van der Waals surface area (Å²) in [7, 11) is 0. The minimum atomic E-state index is -0.886. The quantitative estimate of drug-likeness (QED) is 0.355. The van der Waals surface area contributed by atoms with Crippen molar-refractivity contribution >= 4 is 22.8 Å². The Morgan fingerprint density at radius 3 is 2.54 bits per heavy atom. The van der Waals surface area contributed by atoms with Crippen LogP contribution in [0.5, 0.6) is 0 Å². The maximum absolute atomic E-state index is 13.7. The van der Waals surface area contributed by atoms with Crippen LogP contribution in [0.4, 0.5) is 0 Å². The van der Waals surface area contributed by atoms with Crippen LogP contribution in [-0.4, -0.2) is 44.8 Å². The molecule has 182 valence electrons. The van der Waals surface area contributed by atoms with E-state index < -0.39 is 6.04 Å². The molecule has 8 nitrogen and oxygen atoms in total. The van der Waals surface area contributed by atoms with Crippen molar-refractivity contribution in [3.63, 3.8) is 0 Å². The molecule has 4 aromatic rings. The normalized spacial score (nSPS) is 12.1. The molecule has 0 aliphatic rings. The number of carbonyl (C=O) groups excluding carboxylic acids is 2. The Kier molecular flexibility index (Phi) is 7.92. The maximum atomic E-state index is 13.7. The molecule has 0 bridgehead atoms. The lowest BCUT2D eigenvalue weighted by atomic mass is 10.1. The zero-order valence-corrected chi connectivity index (χ0v) is 20.1. The minimum Gasteiger partial charge on any atom is -0.467 e. The highest BCUT2D eigenvalue weighted by Gasteiger charge is 2.33. The number of hydrogen-bond acceptors (Lipinski definition) is 5. The fourth-order valence-corrected chi connectivity index (χ4v) is 4.00. The Balaban J connectivity index is 1.62. The molecule has 2 amide bonds. The third kappa shape index (κ3) is 6.15. The number of nitrogens with one attached hydrogen (secondary N) is 1. The van der Waals surface area contributed by atoms with Gasteiger partial charge in [-0.25, -0.2) is 4.68 Å². The van der Waals surface area contributed by atoms with Gasteiger partial charge < -0.3 is 14.6 Å². The van der Waals surface area contributed by atoms with Gasteiger partial charge in [-0.05, 0) is 48.6 Å². The van der Waals surface area contributed by atoms with Crippen LogP contribution in [0.25, 0.3) is 11.0 Å². The van der Waals surface area contributed by atoms with E-state index in [1.165, 1.54) is 6.26 Å². The molecular formula is C27H31N5O3. The van der Waals surface area contributed by atoms with E-state index in [9.17, 15) is 9.59 Å². The molecule has 1 N–H and O–H groups in total. The van der Waals surface area contributed by atoms with Crippen LogP contribution in [0.15, 0.2) is 77.4 Å². The SMILES string of the molecule is CC(C)CCNC(=O)[C@@H](c1ccco1)N(CCc1ccccc1)C(=O)Cn1nnc2ccccc21. The summed E-state index contributed by atoms with van der Waals surface area (Å²) < 4.78 is 7.22. The molecule has 0 spiro atoms. The highest BCUT2D eigenvalue weighted by Crippen LogP contribution is 2.24. The number of rotatable bonds is 11. The Labute approximate surface area is 204 Å². The number of hydrogen-bond donors (Lipinski definition) is 1. The van der Waals surface area contributed by atoms with Crippen molar-refractivity contribution < 1.29 is 14.0 Å². The van der Waals surface area contributed by atoms with Crippen molar-refractivity contribution in [2.24, 2.45) is 5.92 Å². The van der Waals surface area contributed by atoms with E-state index in [4.69, 9.17) is 4.42 Å². The Hall–Kier alpha value is -3.94. The first-order valence-electron chi connectivity index (χ1n) is 12.0. The zero-order valence-electron chi connectivity index (χ0n) is 20.1. The molecule has 0 fully saturated rings. The summed E-state index contributed by atoms with van der Waals surface area (Å²) in [5.74, 6) is 0.383. The van der Waals surface area contributed by atoms with Crippen molar-refractivity contribution in [2.75, 3.05) is 13.1 Å². The average Bonchev–Trinajstić information content (AvgIpc) is 3.52. The van der Waals surface area contributed by atoms with Gasteiger partial charge >= 0.3 is 0 Å². The first-order valence-corrected chi connectivity index (χ1v) is 12.0. The van der Waals surface area contributed by atoms with Gasteiger partial charge in [0.1, 0.15) is 17.8 Å². The van der Waals surface area contributed by atoms with Crippen molar-refractivity contribution in [1.29, 1.82) is 0 Å². The second-order valence-corrected chi connectivity index (χ2v) is 8.95. The van der Waals surface area contributed by atoms with Gasteiger partial charge in [0.2, 0.25) is 5.91 Å². The van der Waals surface area contributed by atoms with E-state index in [2.05, 4.69) is 29.5 Å². The van der Waals surface area contributed by atoms with Crippen LogP contribution in [0.3, 0.4) is 0 Å². The van der Waals surface area contributed by atoms with Crippen LogP contribution in [0, 0.1) is 5.92 Å². The van der Waals surface area contributed by atoms with Crippen LogP contribution in [-0.2, 0) is 22.6 Å². The summed E-state index contributed by atoms with van der Waals surface area (Å²) in [6.45, 7) is 5.05. The van der Waals surface area contributed by atoms with Gasteiger partial charge in [-0.2, -0.15) is 0 Å². The number of furan rings is 1. The number of fused-ring (bicyclic) bond motifs is 1. The van der Waals surface area contributed by atoms with Crippen LogP contribution < -0.4 is 5.32 Å². The fraction of sp³-hybridized carbons (Fsp3) is 0.333. The predicted molar refractivity (Wildman–Crippen MR) is 133 cm³/mol. The fourth-order valence-electron chi connectivity index (χ4n) is 4.00. The highest BCUT2D eigenvalue weighted by molar-refractivity contribution is 5.88. The zero-order chi connectivity index (χ0) is 24.6. The molecular weight excluding hydrogens is 442 g/mol. The van der Waals surface area contributed by atoms with Crippen molar-refractivity contribution in [1.82, 2.24) is 25.2 Å². The second kappa shape index (κ2) is 11.5. The molecule has 2 aromatic carbocycles. The minimum absolute atomic E-state index is 0.0359. The summed E-state index contributed by atoms with van der Waals surface area (Å²) in [4.78, 5) is 28.7. The van der Waals surface area contributed by atoms with Crippen molar-refractivity contribution in [3.05, 3.63) is 84.3 Å². The van der Waals surface area contributed by atoms with Gasteiger partial charge in [0.15, 0.2) is 6.04 Å². The van der Waals surface area contributed by atoms with Crippen LogP contribution in [0.1, 0.15) is 37.6 Å². The third-order valence-corrected chi connectivity index (χ3v) is 5.90. The number of carbonyl (C=O) groups is 2. The predicted octanol–water partition coefficient (Wildman–Crippen LogP) is 4.00. The summed E-state index contributed by atoms with van der Waals surface area (Å²) in [5, 5.41) is 11.3. The number of aromatic nitrogens is 3. The molecule has 2 aromatic heterocycles. The van der Waals surface area contributed by atoms with Crippen molar-refractivity contribution in [2.45, 2.75) is 39.3 Å². The van der Waals surface area contributed by atoms with Gasteiger partial charge in [0.05, 0.1) is 11.8 Å². The second-order valence-electron chi connectivity index (χ2n) is 8.95. The van der Waals surface area contributed by atoms with Crippen LogP contribution in [0.2, 0.25) is 0 Å². The van der Waals surface area contributed by atoms with Gasteiger partial charge in [0.25, 0.3) is 5.91 Å². The lowest BCUT2D eigenvalue weighted by molar-refractivity contribution is -0.142. The van der Waals surface area contributed by atoms with E-state index in [0.717, 1.165) is 17.5 Å². The summed E-state index contributed by atoms with van der Waals surface area (Å²) >= 11 is 0. The number of amides is 2. The molecule has 1 atom stereocenters. The van der Waals surface area contributed by atoms with Crippen molar-refractivity contribution in [3.8, 4) is 0 Å². The molecule has 0 saturated carbocycles. The maximum Gasteiger partial charge on any atom is 0.250 e. The smallest absolute Gasteiger partial charge is 0.250 e.